The fraction of sp³-hybridized carbons (Fsp3) is 0.438. The molecule has 0 aliphatic rings. The number of aryl methyl sites for hydroxylation is 1. The van der Waals surface area contributed by atoms with E-state index in [0.29, 0.717) is 0 Å². The van der Waals surface area contributed by atoms with E-state index in [-0.39, 0.29) is 6.61 Å². The first kappa shape index (κ1) is 14.6. The molecule has 2 aromatic rings. The number of aromatic nitrogens is 1. The van der Waals surface area contributed by atoms with E-state index in [1.807, 2.05) is 52.8 Å². The molecule has 1 N–H and O–H groups in total. The maximum Gasteiger partial charge on any atom is 0.419 e. The Hall–Kier alpha value is -1.81. The Morgan fingerprint density at radius 3 is 2.50 bits per heavy atom. The lowest BCUT2D eigenvalue weighted by atomic mass is 10.1. The molecular weight excluding hydrogens is 254 g/mol. The summed E-state index contributed by atoms with van der Waals surface area (Å²) in [5.74, 6) is 0. The molecule has 0 radical (unpaired) electrons. The summed E-state index contributed by atoms with van der Waals surface area (Å²) in [6.45, 7) is 9.22. The van der Waals surface area contributed by atoms with Gasteiger partial charge in [0.15, 0.2) is 0 Å². The molecule has 0 spiro atoms. The molecule has 0 bridgehead atoms. The summed E-state index contributed by atoms with van der Waals surface area (Å²) in [6, 6.07) is 5.82. The van der Waals surface area contributed by atoms with Crippen molar-refractivity contribution >= 4 is 17.0 Å². The minimum atomic E-state index is -0.551. The number of aliphatic hydroxyl groups excluding tert-OH is 1. The van der Waals surface area contributed by atoms with Gasteiger partial charge < -0.3 is 9.84 Å². The Morgan fingerprint density at radius 2 is 1.95 bits per heavy atom. The van der Waals surface area contributed by atoms with Gasteiger partial charge in [0, 0.05) is 16.6 Å². The largest absolute Gasteiger partial charge is 0.443 e. The van der Waals surface area contributed by atoms with Crippen LogP contribution in [-0.2, 0) is 11.3 Å². The number of benzene rings is 1. The smallest absolute Gasteiger partial charge is 0.419 e. The van der Waals surface area contributed by atoms with Gasteiger partial charge in [-0.1, -0.05) is 11.6 Å². The van der Waals surface area contributed by atoms with Crippen molar-refractivity contribution in [3.05, 3.63) is 35.0 Å². The molecular formula is C16H21NO3. The summed E-state index contributed by atoms with van der Waals surface area (Å²) in [4.78, 5) is 12.4. The molecule has 1 heterocycles. The normalized spacial score (nSPS) is 11.9. The number of ether oxygens (including phenoxy) is 1. The summed E-state index contributed by atoms with van der Waals surface area (Å²) in [5.41, 5.74) is 2.81. The maximum atomic E-state index is 12.4. The Kier molecular flexibility index (Phi) is 3.61. The van der Waals surface area contributed by atoms with Gasteiger partial charge in [0.25, 0.3) is 0 Å². The second kappa shape index (κ2) is 4.94. The topological polar surface area (TPSA) is 51.5 Å². The Labute approximate surface area is 119 Å². The first-order valence-electron chi connectivity index (χ1n) is 6.69. The van der Waals surface area contributed by atoms with E-state index in [0.717, 1.165) is 27.7 Å². The predicted molar refractivity (Wildman–Crippen MR) is 79.0 cm³/mol. The van der Waals surface area contributed by atoms with E-state index >= 15 is 0 Å². The van der Waals surface area contributed by atoms with Crippen molar-refractivity contribution in [1.29, 1.82) is 0 Å². The SMILES string of the molecule is Cc1ccc2c(c1)c(CO)c(C)n2C(=O)OC(C)(C)C. The lowest BCUT2D eigenvalue weighted by Gasteiger charge is -2.20. The Bertz CT molecular complexity index is 662. The summed E-state index contributed by atoms with van der Waals surface area (Å²) < 4.78 is 6.98. The number of rotatable bonds is 1. The summed E-state index contributed by atoms with van der Waals surface area (Å²) in [6.07, 6.45) is -0.413. The fourth-order valence-corrected chi connectivity index (χ4v) is 2.34. The summed E-state index contributed by atoms with van der Waals surface area (Å²) >= 11 is 0. The number of carbonyl (C=O) groups excluding carboxylic acids is 1. The Balaban J connectivity index is 2.64. The molecule has 1 aromatic heterocycles. The van der Waals surface area contributed by atoms with Crippen molar-refractivity contribution in [1.82, 2.24) is 4.57 Å². The average molecular weight is 275 g/mol. The minimum absolute atomic E-state index is 0.0957. The van der Waals surface area contributed by atoms with Crippen LogP contribution < -0.4 is 0 Å². The maximum absolute atomic E-state index is 12.4. The van der Waals surface area contributed by atoms with E-state index in [4.69, 9.17) is 4.74 Å². The third kappa shape index (κ3) is 2.56. The molecule has 2 rings (SSSR count). The van der Waals surface area contributed by atoms with Crippen LogP contribution in [0.4, 0.5) is 4.79 Å². The first-order valence-corrected chi connectivity index (χ1v) is 6.69. The predicted octanol–water partition coefficient (Wildman–Crippen LogP) is 3.53. The van der Waals surface area contributed by atoms with Crippen LogP contribution in [-0.4, -0.2) is 21.4 Å². The minimum Gasteiger partial charge on any atom is -0.443 e. The molecule has 0 unspecified atom stereocenters. The molecule has 1 aromatic carbocycles. The lowest BCUT2D eigenvalue weighted by Crippen LogP contribution is -2.27. The Morgan fingerprint density at radius 1 is 1.30 bits per heavy atom. The van der Waals surface area contributed by atoms with Gasteiger partial charge in [-0.15, -0.1) is 0 Å². The highest BCUT2D eigenvalue weighted by Crippen LogP contribution is 2.28. The van der Waals surface area contributed by atoms with Crippen molar-refractivity contribution in [3.8, 4) is 0 Å². The quantitative estimate of drug-likeness (QED) is 0.866. The zero-order chi connectivity index (χ0) is 15.1. The molecule has 0 atom stereocenters. The molecule has 0 saturated carbocycles. The molecule has 0 aliphatic carbocycles. The van der Waals surface area contributed by atoms with Crippen LogP contribution in [0.3, 0.4) is 0 Å². The van der Waals surface area contributed by atoms with E-state index in [2.05, 4.69) is 0 Å². The number of hydrogen-bond acceptors (Lipinski definition) is 3. The molecule has 108 valence electrons. The second-order valence-corrected chi connectivity index (χ2v) is 6.06. The molecule has 0 saturated heterocycles. The van der Waals surface area contributed by atoms with Crippen LogP contribution in [0.5, 0.6) is 0 Å². The number of fused-ring (bicyclic) bond motifs is 1. The van der Waals surface area contributed by atoms with Crippen LogP contribution in [0.15, 0.2) is 18.2 Å². The molecule has 4 heteroatoms. The van der Waals surface area contributed by atoms with Gasteiger partial charge in [-0.25, -0.2) is 9.36 Å². The number of hydrogen-bond donors (Lipinski definition) is 1. The third-order valence-electron chi connectivity index (χ3n) is 3.22. The van der Waals surface area contributed by atoms with Crippen LogP contribution in [0, 0.1) is 13.8 Å². The van der Waals surface area contributed by atoms with Gasteiger partial charge in [0.05, 0.1) is 12.1 Å². The van der Waals surface area contributed by atoms with E-state index in [1.165, 1.54) is 4.57 Å². The standard InChI is InChI=1S/C16H21NO3/c1-10-6-7-14-12(8-10)13(9-18)11(2)17(14)15(19)20-16(3,4)5/h6-8,18H,9H2,1-5H3. The summed E-state index contributed by atoms with van der Waals surface area (Å²) in [5, 5.41) is 10.5. The van der Waals surface area contributed by atoms with Crippen molar-refractivity contribution in [2.45, 2.75) is 46.8 Å². The van der Waals surface area contributed by atoms with E-state index in [1.54, 1.807) is 0 Å². The molecule has 0 aliphatic heterocycles. The highest BCUT2D eigenvalue weighted by molar-refractivity contribution is 5.94. The van der Waals surface area contributed by atoms with Crippen LogP contribution in [0.25, 0.3) is 10.9 Å². The summed E-state index contributed by atoms with van der Waals surface area (Å²) in [7, 11) is 0. The highest BCUT2D eigenvalue weighted by atomic mass is 16.6. The van der Waals surface area contributed by atoms with Crippen molar-refractivity contribution in [2.75, 3.05) is 0 Å². The molecule has 20 heavy (non-hydrogen) atoms. The monoisotopic (exact) mass is 275 g/mol. The fourth-order valence-electron chi connectivity index (χ4n) is 2.34. The number of carbonyl (C=O) groups is 1. The van der Waals surface area contributed by atoms with Gasteiger partial charge in [0.2, 0.25) is 0 Å². The zero-order valence-electron chi connectivity index (χ0n) is 12.7. The highest BCUT2D eigenvalue weighted by Gasteiger charge is 2.23. The van der Waals surface area contributed by atoms with Crippen molar-refractivity contribution in [3.63, 3.8) is 0 Å². The van der Waals surface area contributed by atoms with Crippen molar-refractivity contribution < 1.29 is 14.6 Å². The van der Waals surface area contributed by atoms with Gasteiger partial charge in [0.1, 0.15) is 5.60 Å². The molecule has 0 fully saturated rings. The van der Waals surface area contributed by atoms with E-state index in [9.17, 15) is 9.90 Å². The van der Waals surface area contributed by atoms with Gasteiger partial charge in [-0.3, -0.25) is 0 Å². The van der Waals surface area contributed by atoms with Gasteiger partial charge >= 0.3 is 6.09 Å². The average Bonchev–Trinajstić information content (AvgIpc) is 2.57. The van der Waals surface area contributed by atoms with Crippen LogP contribution in [0.2, 0.25) is 0 Å². The zero-order valence-corrected chi connectivity index (χ0v) is 12.7. The molecule has 4 nitrogen and oxygen atoms in total. The second-order valence-electron chi connectivity index (χ2n) is 6.06. The number of nitrogens with zero attached hydrogens (tertiary/aromatic N) is 1. The van der Waals surface area contributed by atoms with Gasteiger partial charge in [-0.2, -0.15) is 0 Å². The van der Waals surface area contributed by atoms with Crippen LogP contribution in [0.1, 0.15) is 37.6 Å². The molecule has 0 amide bonds. The van der Waals surface area contributed by atoms with Crippen molar-refractivity contribution in [2.24, 2.45) is 0 Å². The lowest BCUT2D eigenvalue weighted by molar-refractivity contribution is 0.0541. The first-order chi connectivity index (χ1) is 9.24. The number of aliphatic hydroxyl groups is 1. The van der Waals surface area contributed by atoms with Gasteiger partial charge in [-0.05, 0) is 46.8 Å². The van der Waals surface area contributed by atoms with E-state index < -0.39 is 11.7 Å². The van der Waals surface area contributed by atoms with Crippen LogP contribution >= 0.6 is 0 Å². The third-order valence-corrected chi connectivity index (χ3v) is 3.22.